The van der Waals surface area contributed by atoms with Gasteiger partial charge in [0, 0.05) is 11.3 Å². The van der Waals surface area contributed by atoms with Crippen LogP contribution in [0, 0.1) is 33.5 Å². The molecule has 0 atom stereocenters. The number of hydrogen-bond acceptors (Lipinski definition) is 1. The average molecular weight is 245 g/mol. The molecule has 1 heterocycles. The van der Waals surface area contributed by atoms with Crippen LogP contribution in [0.4, 0.5) is 4.39 Å². The molecule has 0 aliphatic carbocycles. The number of hydrogen-bond donors (Lipinski definition) is 1. The van der Waals surface area contributed by atoms with E-state index in [2.05, 4.69) is 4.98 Å². The summed E-state index contributed by atoms with van der Waals surface area (Å²) < 4.78 is 13.2. The maximum atomic E-state index is 13.2. The van der Waals surface area contributed by atoms with E-state index in [1.165, 1.54) is 12.1 Å². The van der Waals surface area contributed by atoms with Crippen molar-refractivity contribution in [1.82, 2.24) is 4.98 Å². The molecular formula is C15H16FNO. The van der Waals surface area contributed by atoms with Gasteiger partial charge in [0.15, 0.2) is 0 Å². The maximum absolute atomic E-state index is 13.2. The van der Waals surface area contributed by atoms with E-state index < -0.39 is 0 Å². The number of halogens is 1. The fraction of sp³-hybridized carbons (Fsp3) is 0.267. The SMILES string of the molecule is Cc1ccc(F)cc1C(=O)c1[nH]c(C)c(C)c1C. The van der Waals surface area contributed by atoms with E-state index in [1.54, 1.807) is 6.07 Å². The lowest BCUT2D eigenvalue weighted by atomic mass is 10.00. The van der Waals surface area contributed by atoms with E-state index in [-0.39, 0.29) is 11.6 Å². The Labute approximate surface area is 106 Å². The first-order valence-corrected chi connectivity index (χ1v) is 5.88. The van der Waals surface area contributed by atoms with Crippen molar-refractivity contribution in [3.63, 3.8) is 0 Å². The fourth-order valence-corrected chi connectivity index (χ4v) is 2.04. The van der Waals surface area contributed by atoms with E-state index in [9.17, 15) is 9.18 Å². The van der Waals surface area contributed by atoms with Crippen LogP contribution in [0.5, 0.6) is 0 Å². The number of carbonyl (C=O) groups excluding carboxylic acids is 1. The van der Waals surface area contributed by atoms with Gasteiger partial charge in [0.25, 0.3) is 0 Å². The van der Waals surface area contributed by atoms with Crippen molar-refractivity contribution < 1.29 is 9.18 Å². The number of rotatable bonds is 2. The van der Waals surface area contributed by atoms with Crippen LogP contribution in [0.3, 0.4) is 0 Å². The van der Waals surface area contributed by atoms with Crippen LogP contribution in [-0.2, 0) is 0 Å². The van der Waals surface area contributed by atoms with Crippen molar-refractivity contribution in [2.45, 2.75) is 27.7 Å². The van der Waals surface area contributed by atoms with Crippen molar-refractivity contribution in [2.24, 2.45) is 0 Å². The molecule has 0 fully saturated rings. The normalized spacial score (nSPS) is 10.7. The summed E-state index contributed by atoms with van der Waals surface area (Å²) in [7, 11) is 0. The van der Waals surface area contributed by atoms with Crippen LogP contribution in [0.25, 0.3) is 0 Å². The minimum absolute atomic E-state index is 0.152. The summed E-state index contributed by atoms with van der Waals surface area (Å²) in [6.45, 7) is 7.61. The number of ketones is 1. The van der Waals surface area contributed by atoms with Gasteiger partial charge in [0.05, 0.1) is 5.69 Å². The highest BCUT2D eigenvalue weighted by atomic mass is 19.1. The minimum atomic E-state index is -0.387. The Hall–Kier alpha value is -1.90. The molecule has 1 aromatic carbocycles. The molecule has 0 amide bonds. The summed E-state index contributed by atoms with van der Waals surface area (Å²) in [5.41, 5.74) is 4.74. The second-order valence-electron chi connectivity index (χ2n) is 4.66. The molecule has 2 aromatic rings. The Morgan fingerprint density at radius 3 is 2.33 bits per heavy atom. The number of benzene rings is 1. The van der Waals surface area contributed by atoms with Crippen LogP contribution in [0.2, 0.25) is 0 Å². The molecule has 1 N–H and O–H groups in total. The van der Waals surface area contributed by atoms with Gasteiger partial charge in [0.1, 0.15) is 5.82 Å². The number of nitrogens with one attached hydrogen (secondary N) is 1. The molecule has 94 valence electrons. The molecule has 0 bridgehead atoms. The quantitative estimate of drug-likeness (QED) is 0.805. The molecule has 3 heteroatoms. The number of H-pyrrole nitrogens is 1. The fourth-order valence-electron chi connectivity index (χ4n) is 2.04. The van der Waals surface area contributed by atoms with E-state index in [1.807, 2.05) is 27.7 Å². The third-order valence-electron chi connectivity index (χ3n) is 3.48. The lowest BCUT2D eigenvalue weighted by molar-refractivity contribution is 0.103. The predicted molar refractivity (Wildman–Crippen MR) is 69.6 cm³/mol. The summed E-state index contributed by atoms with van der Waals surface area (Å²) in [5, 5.41) is 0. The molecule has 0 radical (unpaired) electrons. The molecule has 0 aliphatic rings. The summed E-state index contributed by atoms with van der Waals surface area (Å²) in [6, 6.07) is 4.29. The summed E-state index contributed by atoms with van der Waals surface area (Å²) in [6.07, 6.45) is 0. The zero-order chi connectivity index (χ0) is 13.4. The van der Waals surface area contributed by atoms with Crippen LogP contribution >= 0.6 is 0 Å². The highest BCUT2D eigenvalue weighted by molar-refractivity contribution is 6.09. The van der Waals surface area contributed by atoms with Gasteiger partial charge in [-0.15, -0.1) is 0 Å². The predicted octanol–water partition coefficient (Wildman–Crippen LogP) is 3.62. The Bertz CT molecular complexity index is 626. The number of aromatic nitrogens is 1. The van der Waals surface area contributed by atoms with Gasteiger partial charge in [-0.2, -0.15) is 0 Å². The third kappa shape index (κ3) is 1.96. The Morgan fingerprint density at radius 2 is 1.78 bits per heavy atom. The maximum Gasteiger partial charge on any atom is 0.209 e. The van der Waals surface area contributed by atoms with Crippen LogP contribution < -0.4 is 0 Å². The molecule has 2 nitrogen and oxygen atoms in total. The molecule has 0 spiro atoms. The Kier molecular flexibility index (Phi) is 3.07. The molecule has 1 aromatic heterocycles. The van der Waals surface area contributed by atoms with Gasteiger partial charge in [-0.3, -0.25) is 4.79 Å². The average Bonchev–Trinajstić information content (AvgIpc) is 2.59. The molecule has 18 heavy (non-hydrogen) atoms. The topological polar surface area (TPSA) is 32.9 Å². The van der Waals surface area contributed by atoms with E-state index in [0.717, 1.165) is 22.4 Å². The largest absolute Gasteiger partial charge is 0.356 e. The number of aryl methyl sites for hydroxylation is 2. The van der Waals surface area contributed by atoms with Gasteiger partial charge in [-0.05, 0) is 56.5 Å². The molecular weight excluding hydrogens is 229 g/mol. The van der Waals surface area contributed by atoms with Crippen LogP contribution in [-0.4, -0.2) is 10.8 Å². The van der Waals surface area contributed by atoms with Gasteiger partial charge in [-0.1, -0.05) is 6.07 Å². The van der Waals surface area contributed by atoms with E-state index >= 15 is 0 Å². The molecule has 0 unspecified atom stereocenters. The van der Waals surface area contributed by atoms with Crippen molar-refractivity contribution >= 4 is 5.78 Å². The van der Waals surface area contributed by atoms with Gasteiger partial charge in [0.2, 0.25) is 5.78 Å². The monoisotopic (exact) mass is 245 g/mol. The van der Waals surface area contributed by atoms with E-state index in [4.69, 9.17) is 0 Å². The second kappa shape index (κ2) is 4.41. The summed E-state index contributed by atoms with van der Waals surface area (Å²) in [5.74, 6) is -0.540. The summed E-state index contributed by atoms with van der Waals surface area (Å²) in [4.78, 5) is 15.5. The van der Waals surface area contributed by atoms with Crippen molar-refractivity contribution in [2.75, 3.05) is 0 Å². The summed E-state index contributed by atoms with van der Waals surface area (Å²) >= 11 is 0. The van der Waals surface area contributed by atoms with Gasteiger partial charge >= 0.3 is 0 Å². The van der Waals surface area contributed by atoms with Crippen LogP contribution in [0.15, 0.2) is 18.2 Å². The molecule has 0 saturated heterocycles. The second-order valence-corrected chi connectivity index (χ2v) is 4.66. The van der Waals surface area contributed by atoms with Crippen molar-refractivity contribution in [3.8, 4) is 0 Å². The van der Waals surface area contributed by atoms with Gasteiger partial charge < -0.3 is 4.98 Å². The van der Waals surface area contributed by atoms with Crippen molar-refractivity contribution in [3.05, 3.63) is 57.7 Å². The minimum Gasteiger partial charge on any atom is -0.356 e. The number of carbonyl (C=O) groups is 1. The standard InChI is InChI=1S/C15H16FNO/c1-8-5-6-12(16)7-13(8)15(18)14-10(3)9(2)11(4)17-14/h5-7,17H,1-4H3. The number of aromatic amines is 1. The van der Waals surface area contributed by atoms with E-state index in [0.29, 0.717) is 11.3 Å². The Morgan fingerprint density at radius 1 is 1.11 bits per heavy atom. The smallest absolute Gasteiger partial charge is 0.209 e. The zero-order valence-electron chi connectivity index (χ0n) is 11.0. The zero-order valence-corrected chi connectivity index (χ0v) is 11.0. The first-order chi connectivity index (χ1) is 8.41. The molecule has 0 saturated carbocycles. The highest BCUT2D eigenvalue weighted by Crippen LogP contribution is 2.21. The molecule has 0 aliphatic heterocycles. The van der Waals surface area contributed by atoms with Crippen LogP contribution in [0.1, 0.15) is 38.4 Å². The van der Waals surface area contributed by atoms with Crippen molar-refractivity contribution in [1.29, 1.82) is 0 Å². The first kappa shape index (κ1) is 12.6. The highest BCUT2D eigenvalue weighted by Gasteiger charge is 2.18. The lowest BCUT2D eigenvalue weighted by Gasteiger charge is -2.05. The third-order valence-corrected chi connectivity index (χ3v) is 3.48. The van der Waals surface area contributed by atoms with Gasteiger partial charge in [-0.25, -0.2) is 4.39 Å². The first-order valence-electron chi connectivity index (χ1n) is 5.88. The lowest BCUT2D eigenvalue weighted by Crippen LogP contribution is -2.06. The Balaban J connectivity index is 2.54. The molecule has 2 rings (SSSR count).